The highest BCUT2D eigenvalue weighted by atomic mass is 16.5. The second-order valence-electron chi connectivity index (χ2n) is 6.26. The molecule has 2 aromatic heterocycles. The highest BCUT2D eigenvalue weighted by Crippen LogP contribution is 2.22. The molecule has 0 bridgehead atoms. The highest BCUT2D eigenvalue weighted by molar-refractivity contribution is 5.80. The van der Waals surface area contributed by atoms with E-state index >= 15 is 0 Å². The van der Waals surface area contributed by atoms with Crippen LogP contribution in [0.25, 0.3) is 11.0 Å². The van der Waals surface area contributed by atoms with Crippen LogP contribution in [0.1, 0.15) is 49.8 Å². The van der Waals surface area contributed by atoms with Gasteiger partial charge < -0.3 is 19.6 Å². The maximum absolute atomic E-state index is 5.81. The van der Waals surface area contributed by atoms with Gasteiger partial charge in [0.2, 0.25) is 0 Å². The van der Waals surface area contributed by atoms with Crippen molar-refractivity contribution in [1.82, 2.24) is 15.8 Å². The fourth-order valence-corrected chi connectivity index (χ4v) is 3.00. The standard InChI is InChI=1S/C20H26N4O2/c1-4-14(5-2)18-11-17(26-24-18)13-23-20(21-3)22-12-16-10-15-8-6-7-9-19(15)25-16/h6-11,14H,4-5,12-13H2,1-3H3,(H2,21,22,23). The van der Waals surface area contributed by atoms with Crippen molar-refractivity contribution in [3.05, 3.63) is 53.6 Å². The monoisotopic (exact) mass is 354 g/mol. The third kappa shape index (κ3) is 4.25. The number of hydrogen-bond acceptors (Lipinski definition) is 4. The summed E-state index contributed by atoms with van der Waals surface area (Å²) in [5, 5.41) is 11.8. The summed E-state index contributed by atoms with van der Waals surface area (Å²) in [7, 11) is 1.74. The third-order valence-corrected chi connectivity index (χ3v) is 4.54. The average molecular weight is 354 g/mol. The van der Waals surface area contributed by atoms with Crippen LogP contribution in [0.5, 0.6) is 0 Å². The van der Waals surface area contributed by atoms with Gasteiger partial charge in [-0.2, -0.15) is 0 Å². The maximum Gasteiger partial charge on any atom is 0.191 e. The predicted octanol–water partition coefficient (Wildman–Crippen LogP) is 4.19. The molecule has 0 fully saturated rings. The minimum Gasteiger partial charge on any atom is -0.459 e. The second kappa shape index (κ2) is 8.56. The van der Waals surface area contributed by atoms with Gasteiger partial charge in [-0.05, 0) is 25.0 Å². The average Bonchev–Trinajstić information content (AvgIpc) is 3.29. The predicted molar refractivity (Wildman–Crippen MR) is 103 cm³/mol. The Morgan fingerprint density at radius 2 is 1.81 bits per heavy atom. The van der Waals surface area contributed by atoms with Gasteiger partial charge in [0.1, 0.15) is 11.3 Å². The first kappa shape index (κ1) is 18.0. The quantitative estimate of drug-likeness (QED) is 0.491. The molecule has 0 aliphatic heterocycles. The van der Waals surface area contributed by atoms with Crippen LogP contribution in [0.15, 0.2) is 50.3 Å². The van der Waals surface area contributed by atoms with E-state index in [0.717, 1.165) is 41.0 Å². The number of nitrogens with zero attached hydrogens (tertiary/aromatic N) is 2. The van der Waals surface area contributed by atoms with Crippen molar-refractivity contribution in [3.8, 4) is 0 Å². The number of aromatic nitrogens is 1. The van der Waals surface area contributed by atoms with Crippen LogP contribution in [-0.2, 0) is 13.1 Å². The van der Waals surface area contributed by atoms with Gasteiger partial charge in [0, 0.05) is 24.4 Å². The van der Waals surface area contributed by atoms with Crippen LogP contribution in [0, 0.1) is 0 Å². The number of aliphatic imine (C=N–C) groups is 1. The molecule has 6 heteroatoms. The van der Waals surface area contributed by atoms with Gasteiger partial charge in [-0.3, -0.25) is 4.99 Å². The van der Waals surface area contributed by atoms with Gasteiger partial charge in [0.05, 0.1) is 18.8 Å². The van der Waals surface area contributed by atoms with E-state index in [1.807, 2.05) is 36.4 Å². The summed E-state index contributed by atoms with van der Waals surface area (Å²) >= 11 is 0. The number of hydrogen-bond donors (Lipinski definition) is 2. The Balaban J connectivity index is 1.53. The summed E-state index contributed by atoms with van der Waals surface area (Å²) in [6.45, 7) is 5.44. The SMILES string of the molecule is CCC(CC)c1cc(CNC(=NC)NCc2cc3ccccc3o2)on1. The first-order chi connectivity index (χ1) is 12.7. The van der Waals surface area contributed by atoms with E-state index in [4.69, 9.17) is 8.94 Å². The Bertz CT molecular complexity index is 828. The summed E-state index contributed by atoms with van der Waals surface area (Å²) in [5.74, 6) is 2.81. The van der Waals surface area contributed by atoms with Crippen LogP contribution in [-0.4, -0.2) is 18.2 Å². The Hall–Kier alpha value is -2.76. The fraction of sp³-hybridized carbons (Fsp3) is 0.400. The molecule has 0 spiro atoms. The molecule has 0 radical (unpaired) electrons. The number of furan rings is 1. The number of fused-ring (bicyclic) bond motifs is 1. The molecule has 0 atom stereocenters. The molecule has 1 aromatic carbocycles. The lowest BCUT2D eigenvalue weighted by molar-refractivity contribution is 0.368. The molecule has 0 unspecified atom stereocenters. The van der Waals surface area contributed by atoms with E-state index in [1.54, 1.807) is 7.05 Å². The molecule has 0 saturated heterocycles. The smallest absolute Gasteiger partial charge is 0.191 e. The van der Waals surface area contributed by atoms with E-state index in [0.29, 0.717) is 25.0 Å². The van der Waals surface area contributed by atoms with Gasteiger partial charge in [-0.15, -0.1) is 0 Å². The normalized spacial score (nSPS) is 12.1. The van der Waals surface area contributed by atoms with E-state index in [2.05, 4.69) is 34.6 Å². The minimum absolute atomic E-state index is 0.457. The van der Waals surface area contributed by atoms with Gasteiger partial charge in [0.25, 0.3) is 0 Å². The second-order valence-corrected chi connectivity index (χ2v) is 6.26. The first-order valence-corrected chi connectivity index (χ1v) is 9.11. The molecular formula is C20H26N4O2. The van der Waals surface area contributed by atoms with E-state index in [9.17, 15) is 0 Å². The van der Waals surface area contributed by atoms with Crippen molar-refractivity contribution >= 4 is 16.9 Å². The Morgan fingerprint density at radius 3 is 2.50 bits per heavy atom. The molecule has 3 rings (SSSR count). The van der Waals surface area contributed by atoms with Crippen molar-refractivity contribution in [2.24, 2.45) is 4.99 Å². The minimum atomic E-state index is 0.457. The molecule has 3 aromatic rings. The van der Waals surface area contributed by atoms with Gasteiger partial charge in [0.15, 0.2) is 11.7 Å². The zero-order valence-corrected chi connectivity index (χ0v) is 15.6. The number of benzene rings is 1. The molecule has 6 nitrogen and oxygen atoms in total. The van der Waals surface area contributed by atoms with Crippen LogP contribution >= 0.6 is 0 Å². The molecule has 0 saturated carbocycles. The Labute approximate surface area is 153 Å². The van der Waals surface area contributed by atoms with Crippen molar-refractivity contribution in [1.29, 1.82) is 0 Å². The van der Waals surface area contributed by atoms with Crippen molar-refractivity contribution in [2.45, 2.75) is 45.7 Å². The Kier molecular flexibility index (Phi) is 5.94. The first-order valence-electron chi connectivity index (χ1n) is 9.11. The van der Waals surface area contributed by atoms with Crippen LogP contribution in [0.4, 0.5) is 0 Å². The van der Waals surface area contributed by atoms with Crippen LogP contribution in [0.2, 0.25) is 0 Å². The fourth-order valence-electron chi connectivity index (χ4n) is 3.00. The van der Waals surface area contributed by atoms with Crippen molar-refractivity contribution < 1.29 is 8.94 Å². The third-order valence-electron chi connectivity index (χ3n) is 4.54. The number of nitrogens with one attached hydrogen (secondary N) is 2. The summed E-state index contributed by atoms with van der Waals surface area (Å²) in [4.78, 5) is 4.24. The Morgan fingerprint density at radius 1 is 1.08 bits per heavy atom. The highest BCUT2D eigenvalue weighted by Gasteiger charge is 2.13. The summed E-state index contributed by atoms with van der Waals surface area (Å²) < 4.78 is 11.2. The number of para-hydroxylation sites is 1. The summed E-state index contributed by atoms with van der Waals surface area (Å²) in [5.41, 5.74) is 1.92. The molecule has 2 N–H and O–H groups in total. The van der Waals surface area contributed by atoms with Gasteiger partial charge in [-0.25, -0.2) is 0 Å². The van der Waals surface area contributed by atoms with E-state index in [-0.39, 0.29) is 0 Å². The van der Waals surface area contributed by atoms with Gasteiger partial charge >= 0.3 is 0 Å². The van der Waals surface area contributed by atoms with Crippen LogP contribution < -0.4 is 10.6 Å². The zero-order chi connectivity index (χ0) is 18.4. The van der Waals surface area contributed by atoms with Crippen LogP contribution in [0.3, 0.4) is 0 Å². The molecule has 0 aliphatic carbocycles. The molecule has 2 heterocycles. The number of rotatable bonds is 7. The van der Waals surface area contributed by atoms with E-state index < -0.39 is 0 Å². The molecule has 138 valence electrons. The topological polar surface area (TPSA) is 75.6 Å². The molecule has 26 heavy (non-hydrogen) atoms. The summed E-state index contributed by atoms with van der Waals surface area (Å²) in [6.07, 6.45) is 2.13. The lowest BCUT2D eigenvalue weighted by Gasteiger charge is -2.09. The van der Waals surface area contributed by atoms with E-state index in [1.165, 1.54) is 0 Å². The zero-order valence-electron chi connectivity index (χ0n) is 15.6. The lowest BCUT2D eigenvalue weighted by Crippen LogP contribution is -2.36. The van der Waals surface area contributed by atoms with Gasteiger partial charge in [-0.1, -0.05) is 37.2 Å². The maximum atomic E-state index is 5.81. The number of guanidine groups is 1. The summed E-state index contributed by atoms with van der Waals surface area (Å²) in [6, 6.07) is 12.0. The van der Waals surface area contributed by atoms with Crippen molar-refractivity contribution in [3.63, 3.8) is 0 Å². The molecule has 0 amide bonds. The lowest BCUT2D eigenvalue weighted by atomic mass is 9.99. The molecular weight excluding hydrogens is 328 g/mol. The largest absolute Gasteiger partial charge is 0.459 e. The van der Waals surface area contributed by atoms with Crippen molar-refractivity contribution in [2.75, 3.05) is 7.05 Å². The molecule has 0 aliphatic rings.